The van der Waals surface area contributed by atoms with Gasteiger partial charge in [-0.1, -0.05) is 38.1 Å². The van der Waals surface area contributed by atoms with Crippen LogP contribution in [0.4, 0.5) is 0 Å². The van der Waals surface area contributed by atoms with Crippen molar-refractivity contribution in [1.29, 1.82) is 0 Å². The van der Waals surface area contributed by atoms with Gasteiger partial charge in [-0.2, -0.15) is 0 Å². The zero-order valence-corrected chi connectivity index (χ0v) is 10.9. The monoisotopic (exact) mass is 219 g/mol. The Balaban J connectivity index is 2.26. The Labute approximate surface area is 100 Å². The van der Waals surface area contributed by atoms with Gasteiger partial charge >= 0.3 is 0 Å². The first-order chi connectivity index (χ1) is 7.76. The first kappa shape index (κ1) is 13.2. The molecule has 0 saturated carbocycles. The minimum atomic E-state index is 0.653. The number of benzene rings is 1. The van der Waals surface area contributed by atoms with Crippen LogP contribution < -0.4 is 5.32 Å². The molecule has 0 aliphatic carbocycles. The lowest BCUT2D eigenvalue weighted by atomic mass is 10.0. The topological polar surface area (TPSA) is 12.0 Å². The summed E-state index contributed by atoms with van der Waals surface area (Å²) in [7, 11) is 0. The van der Waals surface area contributed by atoms with Crippen LogP contribution in [0, 0.1) is 0 Å². The standard InChI is InChI=1S/C15H25N/c1-4-14-9-11-15(12-10-14)8-6-7-13(3)16-5-2/h9-13,16H,4-8H2,1-3H3. The van der Waals surface area contributed by atoms with E-state index >= 15 is 0 Å². The molecule has 0 radical (unpaired) electrons. The Kier molecular flexibility index (Phi) is 6.17. The largest absolute Gasteiger partial charge is 0.315 e. The molecule has 0 heterocycles. The van der Waals surface area contributed by atoms with E-state index in [0.29, 0.717) is 6.04 Å². The zero-order valence-electron chi connectivity index (χ0n) is 10.9. The van der Waals surface area contributed by atoms with Crippen molar-refractivity contribution in [3.8, 4) is 0 Å². The van der Waals surface area contributed by atoms with Gasteiger partial charge in [-0.25, -0.2) is 0 Å². The number of aryl methyl sites for hydroxylation is 2. The van der Waals surface area contributed by atoms with Crippen molar-refractivity contribution in [2.24, 2.45) is 0 Å². The van der Waals surface area contributed by atoms with E-state index in [2.05, 4.69) is 50.4 Å². The lowest BCUT2D eigenvalue weighted by Gasteiger charge is -2.11. The lowest BCUT2D eigenvalue weighted by molar-refractivity contribution is 0.512. The third-order valence-corrected chi connectivity index (χ3v) is 3.09. The van der Waals surface area contributed by atoms with Crippen LogP contribution in [0.25, 0.3) is 0 Å². The number of hydrogen-bond acceptors (Lipinski definition) is 1. The van der Waals surface area contributed by atoms with Gasteiger partial charge in [0.05, 0.1) is 0 Å². The zero-order chi connectivity index (χ0) is 11.8. The van der Waals surface area contributed by atoms with Crippen molar-refractivity contribution in [3.63, 3.8) is 0 Å². The molecule has 1 heteroatoms. The van der Waals surface area contributed by atoms with Gasteiger partial charge in [0.2, 0.25) is 0 Å². The Morgan fingerprint density at radius 3 is 2.25 bits per heavy atom. The Hall–Kier alpha value is -0.820. The van der Waals surface area contributed by atoms with E-state index in [4.69, 9.17) is 0 Å². The molecule has 0 aliphatic rings. The SMILES string of the molecule is CCNC(C)CCCc1ccc(CC)cc1. The molecule has 1 unspecified atom stereocenters. The fraction of sp³-hybridized carbons (Fsp3) is 0.600. The van der Waals surface area contributed by atoms with Crippen LogP contribution in [0.1, 0.15) is 44.7 Å². The molecule has 1 atom stereocenters. The number of nitrogens with one attached hydrogen (secondary N) is 1. The van der Waals surface area contributed by atoms with Gasteiger partial charge in [-0.15, -0.1) is 0 Å². The molecular formula is C15H25N. The third kappa shape index (κ3) is 4.80. The molecule has 1 nitrogen and oxygen atoms in total. The summed E-state index contributed by atoms with van der Waals surface area (Å²) in [6, 6.07) is 9.71. The molecule has 0 spiro atoms. The van der Waals surface area contributed by atoms with Gasteiger partial charge in [-0.05, 0) is 50.3 Å². The average molecular weight is 219 g/mol. The molecule has 16 heavy (non-hydrogen) atoms. The van der Waals surface area contributed by atoms with Crippen LogP contribution in [0.2, 0.25) is 0 Å². The molecule has 0 amide bonds. The first-order valence-electron chi connectivity index (χ1n) is 6.57. The highest BCUT2D eigenvalue weighted by atomic mass is 14.9. The average Bonchev–Trinajstić information content (AvgIpc) is 2.30. The van der Waals surface area contributed by atoms with E-state index in [9.17, 15) is 0 Å². The van der Waals surface area contributed by atoms with Gasteiger partial charge in [0.25, 0.3) is 0 Å². The van der Waals surface area contributed by atoms with Gasteiger partial charge in [-0.3, -0.25) is 0 Å². The summed E-state index contributed by atoms with van der Waals surface area (Å²) in [4.78, 5) is 0. The summed E-state index contributed by atoms with van der Waals surface area (Å²) in [5, 5.41) is 3.45. The Morgan fingerprint density at radius 1 is 1.06 bits per heavy atom. The first-order valence-corrected chi connectivity index (χ1v) is 6.57. The van der Waals surface area contributed by atoms with E-state index in [1.54, 1.807) is 0 Å². The quantitative estimate of drug-likeness (QED) is 0.739. The molecule has 1 N–H and O–H groups in total. The third-order valence-electron chi connectivity index (χ3n) is 3.09. The molecule has 0 saturated heterocycles. The van der Waals surface area contributed by atoms with Crippen molar-refractivity contribution < 1.29 is 0 Å². The van der Waals surface area contributed by atoms with E-state index in [1.165, 1.54) is 30.4 Å². The number of rotatable bonds is 7. The summed E-state index contributed by atoms with van der Waals surface area (Å²) in [5.41, 5.74) is 2.91. The van der Waals surface area contributed by atoms with Crippen molar-refractivity contribution in [2.75, 3.05) is 6.54 Å². The van der Waals surface area contributed by atoms with Crippen molar-refractivity contribution in [3.05, 3.63) is 35.4 Å². The van der Waals surface area contributed by atoms with Gasteiger partial charge in [0, 0.05) is 6.04 Å². The van der Waals surface area contributed by atoms with Gasteiger partial charge in [0.1, 0.15) is 0 Å². The summed E-state index contributed by atoms with van der Waals surface area (Å²) in [5.74, 6) is 0. The number of hydrogen-bond donors (Lipinski definition) is 1. The van der Waals surface area contributed by atoms with Crippen molar-refractivity contribution in [2.45, 2.75) is 52.5 Å². The molecule has 1 rings (SSSR count). The smallest absolute Gasteiger partial charge is 0.00387 e. The molecule has 0 bridgehead atoms. The molecule has 90 valence electrons. The fourth-order valence-corrected chi connectivity index (χ4v) is 2.00. The predicted molar refractivity (Wildman–Crippen MR) is 71.9 cm³/mol. The molecule has 1 aromatic rings. The second kappa shape index (κ2) is 7.45. The molecular weight excluding hydrogens is 194 g/mol. The Bertz CT molecular complexity index is 276. The van der Waals surface area contributed by atoms with Gasteiger partial charge < -0.3 is 5.32 Å². The summed E-state index contributed by atoms with van der Waals surface area (Å²) in [6.07, 6.45) is 4.89. The summed E-state index contributed by atoms with van der Waals surface area (Å²) in [6.45, 7) is 7.71. The van der Waals surface area contributed by atoms with E-state index in [1.807, 2.05) is 0 Å². The highest BCUT2D eigenvalue weighted by molar-refractivity contribution is 5.22. The predicted octanol–water partition coefficient (Wildman–Crippen LogP) is 3.57. The lowest BCUT2D eigenvalue weighted by Crippen LogP contribution is -2.25. The maximum atomic E-state index is 3.45. The molecule has 0 aliphatic heterocycles. The molecule has 0 aromatic heterocycles. The Morgan fingerprint density at radius 2 is 1.69 bits per heavy atom. The van der Waals surface area contributed by atoms with Crippen LogP contribution in [0.3, 0.4) is 0 Å². The summed E-state index contributed by atoms with van der Waals surface area (Å²) < 4.78 is 0. The van der Waals surface area contributed by atoms with Crippen LogP contribution in [-0.2, 0) is 12.8 Å². The molecule has 0 fully saturated rings. The van der Waals surface area contributed by atoms with Gasteiger partial charge in [0.15, 0.2) is 0 Å². The fourth-order valence-electron chi connectivity index (χ4n) is 2.00. The van der Waals surface area contributed by atoms with E-state index in [0.717, 1.165) is 13.0 Å². The van der Waals surface area contributed by atoms with Crippen LogP contribution in [0.5, 0.6) is 0 Å². The second-order valence-electron chi connectivity index (χ2n) is 4.52. The highest BCUT2D eigenvalue weighted by Gasteiger charge is 2.00. The minimum Gasteiger partial charge on any atom is -0.315 e. The maximum absolute atomic E-state index is 3.45. The van der Waals surface area contributed by atoms with Crippen LogP contribution >= 0.6 is 0 Å². The van der Waals surface area contributed by atoms with E-state index in [-0.39, 0.29) is 0 Å². The van der Waals surface area contributed by atoms with Crippen LogP contribution in [-0.4, -0.2) is 12.6 Å². The minimum absolute atomic E-state index is 0.653. The van der Waals surface area contributed by atoms with Crippen molar-refractivity contribution in [1.82, 2.24) is 5.32 Å². The molecule has 1 aromatic carbocycles. The van der Waals surface area contributed by atoms with Crippen molar-refractivity contribution >= 4 is 0 Å². The normalized spacial score (nSPS) is 12.7. The second-order valence-corrected chi connectivity index (χ2v) is 4.52. The van der Waals surface area contributed by atoms with Crippen LogP contribution in [0.15, 0.2) is 24.3 Å². The van der Waals surface area contributed by atoms with E-state index < -0.39 is 0 Å². The summed E-state index contributed by atoms with van der Waals surface area (Å²) >= 11 is 0. The highest BCUT2D eigenvalue weighted by Crippen LogP contribution is 2.09. The maximum Gasteiger partial charge on any atom is 0.00387 e.